The smallest absolute Gasteiger partial charge is 0.255 e. The van der Waals surface area contributed by atoms with Crippen LogP contribution in [-0.2, 0) is 11.3 Å². The van der Waals surface area contributed by atoms with Crippen molar-refractivity contribution in [3.63, 3.8) is 0 Å². The van der Waals surface area contributed by atoms with Gasteiger partial charge in [-0.3, -0.25) is 14.5 Å². The van der Waals surface area contributed by atoms with E-state index < -0.39 is 0 Å². The molecule has 2 amide bonds. The van der Waals surface area contributed by atoms with E-state index in [0.717, 1.165) is 41.1 Å². The van der Waals surface area contributed by atoms with Crippen molar-refractivity contribution in [2.45, 2.75) is 26.8 Å². The Bertz CT molecular complexity index is 1630. The van der Waals surface area contributed by atoms with Crippen LogP contribution >= 0.6 is 0 Å². The fraction of sp³-hybridized carbons (Fsp3) is 0.200. The second-order valence-corrected chi connectivity index (χ2v) is 10.5. The predicted molar refractivity (Wildman–Crippen MR) is 181 cm³/mol. The van der Waals surface area contributed by atoms with E-state index in [1.54, 1.807) is 24.3 Å². The summed E-state index contributed by atoms with van der Waals surface area (Å²) >= 11 is 0. The molecule has 9 heteroatoms. The molecular formula is C35H38N6O3. The highest BCUT2D eigenvalue weighted by atomic mass is 16.5. The van der Waals surface area contributed by atoms with Crippen LogP contribution in [0.5, 0.6) is 5.75 Å². The number of nitrogens with one attached hydrogen (secondary N) is 3. The number of benzene rings is 3. The van der Waals surface area contributed by atoms with Crippen LogP contribution in [0.4, 0.5) is 17.1 Å². The Morgan fingerprint density at radius 2 is 1.84 bits per heavy atom. The summed E-state index contributed by atoms with van der Waals surface area (Å²) in [6.07, 6.45) is 6.20. The summed E-state index contributed by atoms with van der Waals surface area (Å²) in [4.78, 5) is 36.2. The third-order valence-electron chi connectivity index (χ3n) is 6.62. The van der Waals surface area contributed by atoms with Crippen molar-refractivity contribution in [1.82, 2.24) is 4.90 Å². The monoisotopic (exact) mass is 590 g/mol. The van der Waals surface area contributed by atoms with Gasteiger partial charge in [-0.1, -0.05) is 36.9 Å². The lowest BCUT2D eigenvalue weighted by Crippen LogP contribution is -2.19. The van der Waals surface area contributed by atoms with Gasteiger partial charge in [0, 0.05) is 41.3 Å². The largest absolute Gasteiger partial charge is 0.493 e. The second kappa shape index (κ2) is 15.3. The number of amides is 2. The molecule has 4 rings (SSSR count). The number of hydrogen-bond donors (Lipinski definition) is 3. The minimum absolute atomic E-state index is 0.310. The number of allylic oxidation sites excluding steroid dienone is 1. The average Bonchev–Trinajstić information content (AvgIpc) is 3.00. The Hall–Kier alpha value is -5.28. The molecule has 3 aromatic rings. The van der Waals surface area contributed by atoms with Crippen molar-refractivity contribution in [3.8, 4) is 5.75 Å². The molecule has 0 saturated carbocycles. The van der Waals surface area contributed by atoms with Crippen molar-refractivity contribution < 1.29 is 14.3 Å². The maximum absolute atomic E-state index is 13.3. The summed E-state index contributed by atoms with van der Waals surface area (Å²) in [7, 11) is 2.03. The van der Waals surface area contributed by atoms with Crippen LogP contribution in [0.1, 0.15) is 41.8 Å². The number of rotatable bonds is 4. The summed E-state index contributed by atoms with van der Waals surface area (Å²) in [5.41, 5.74) is 5.78. The number of guanidine groups is 1. The van der Waals surface area contributed by atoms with Gasteiger partial charge in [0.1, 0.15) is 5.75 Å². The van der Waals surface area contributed by atoms with E-state index in [4.69, 9.17) is 9.73 Å². The topological polar surface area (TPSA) is 107 Å². The molecule has 0 aliphatic carbocycles. The van der Waals surface area contributed by atoms with Gasteiger partial charge in [-0.05, 0) is 99.8 Å². The Balaban J connectivity index is 1.70. The van der Waals surface area contributed by atoms with Crippen LogP contribution < -0.4 is 20.7 Å². The van der Waals surface area contributed by atoms with E-state index in [1.807, 2.05) is 63.4 Å². The molecule has 0 radical (unpaired) electrons. The maximum atomic E-state index is 13.3. The van der Waals surface area contributed by atoms with E-state index in [0.29, 0.717) is 41.7 Å². The SMILES string of the molecule is C=CC(=O)Nc1cccc(C(=O)Nc2cc3cc(c2)NC(N=C)=NC(=C(C)C)c2cccc(c2)OCC/C=C/CN(C)C3)c1. The standard InChI is InChI=1S/C35H38N6O3/c1-6-32(42)37-28-14-10-13-27(20-28)34(43)38-29-18-25-19-30(22-29)39-35(36-4)40-33(24(2)3)26-12-11-15-31(21-26)44-17-9-7-8-16-41(5)23-25/h6-8,10-15,18-22H,1,4,9,16-17,23H2,2-3,5H3,(H,37,42)(H,38,43)(H,39,40)/b8-7+. The number of anilines is 3. The average molecular weight is 591 g/mol. The fourth-order valence-corrected chi connectivity index (χ4v) is 4.59. The van der Waals surface area contributed by atoms with E-state index in [-0.39, 0.29) is 11.8 Å². The van der Waals surface area contributed by atoms with E-state index in [9.17, 15) is 9.59 Å². The Morgan fingerprint density at radius 3 is 2.61 bits per heavy atom. The number of fused-ring (bicyclic) bond motifs is 4. The molecule has 0 spiro atoms. The van der Waals surface area contributed by atoms with Gasteiger partial charge in [0.2, 0.25) is 11.9 Å². The molecule has 44 heavy (non-hydrogen) atoms. The number of carbonyl (C=O) groups is 2. The third kappa shape index (κ3) is 9.11. The van der Waals surface area contributed by atoms with Gasteiger partial charge in [-0.25, -0.2) is 9.98 Å². The number of likely N-dealkylation sites (N-methyl/N-ethyl adjacent to an activating group) is 1. The highest BCUT2D eigenvalue weighted by molar-refractivity contribution is 6.06. The van der Waals surface area contributed by atoms with E-state index >= 15 is 0 Å². The lowest BCUT2D eigenvalue weighted by atomic mass is 10.1. The molecule has 0 fully saturated rings. The van der Waals surface area contributed by atoms with E-state index in [1.165, 1.54) is 6.08 Å². The number of carbonyl (C=O) groups excluding carboxylic acids is 2. The third-order valence-corrected chi connectivity index (χ3v) is 6.62. The number of hydrogen-bond acceptors (Lipinski definition) is 7. The molecule has 0 aromatic heterocycles. The molecule has 1 aliphatic rings. The second-order valence-electron chi connectivity index (χ2n) is 10.5. The van der Waals surface area contributed by atoms with Crippen LogP contribution in [0.25, 0.3) is 5.70 Å². The Labute approximate surface area is 258 Å². The maximum Gasteiger partial charge on any atom is 0.255 e. The van der Waals surface area contributed by atoms with Crippen LogP contribution in [0, 0.1) is 0 Å². The summed E-state index contributed by atoms with van der Waals surface area (Å²) in [5, 5.41) is 8.96. The van der Waals surface area contributed by atoms with Gasteiger partial charge in [0.25, 0.3) is 5.91 Å². The molecule has 4 bridgehead atoms. The number of aliphatic imine (C=N–C) groups is 2. The summed E-state index contributed by atoms with van der Waals surface area (Å²) in [6, 6.07) is 20.3. The first-order valence-electron chi connectivity index (χ1n) is 14.3. The Morgan fingerprint density at radius 1 is 1.02 bits per heavy atom. The van der Waals surface area contributed by atoms with Crippen LogP contribution in [0.15, 0.2) is 107 Å². The molecule has 226 valence electrons. The van der Waals surface area contributed by atoms with Gasteiger partial charge in [0.05, 0.1) is 12.3 Å². The zero-order valence-corrected chi connectivity index (χ0v) is 25.4. The first-order valence-corrected chi connectivity index (χ1v) is 14.3. The molecule has 0 atom stereocenters. The number of nitrogens with zero attached hydrogens (tertiary/aromatic N) is 3. The van der Waals surface area contributed by atoms with Crippen molar-refractivity contribution in [3.05, 3.63) is 114 Å². The van der Waals surface area contributed by atoms with Crippen molar-refractivity contribution in [1.29, 1.82) is 0 Å². The summed E-state index contributed by atoms with van der Waals surface area (Å²) in [5.74, 6) is 0.404. The molecule has 3 aromatic carbocycles. The van der Waals surface area contributed by atoms with Crippen molar-refractivity contribution in [2.75, 3.05) is 36.1 Å². The Kier molecular flexibility index (Phi) is 11.0. The minimum atomic E-state index is -0.354. The van der Waals surface area contributed by atoms with Crippen molar-refractivity contribution in [2.24, 2.45) is 9.98 Å². The highest BCUT2D eigenvalue weighted by Gasteiger charge is 2.13. The molecule has 3 N–H and O–H groups in total. The molecule has 1 aliphatic heterocycles. The van der Waals surface area contributed by atoms with E-state index in [2.05, 4.69) is 51.3 Å². The van der Waals surface area contributed by atoms with Crippen LogP contribution in [-0.4, -0.2) is 49.6 Å². The quantitative estimate of drug-likeness (QED) is 0.177. The lowest BCUT2D eigenvalue weighted by molar-refractivity contribution is -0.111. The molecule has 1 heterocycles. The van der Waals surface area contributed by atoms with Gasteiger partial charge >= 0.3 is 0 Å². The predicted octanol–water partition coefficient (Wildman–Crippen LogP) is 6.75. The number of ether oxygens (including phenoxy) is 1. The van der Waals surface area contributed by atoms with Gasteiger partial charge in [0.15, 0.2) is 0 Å². The van der Waals surface area contributed by atoms with Gasteiger partial charge in [-0.15, -0.1) is 0 Å². The minimum Gasteiger partial charge on any atom is -0.493 e. The zero-order chi connectivity index (χ0) is 31.5. The van der Waals surface area contributed by atoms with Crippen molar-refractivity contribution >= 4 is 47.3 Å². The van der Waals surface area contributed by atoms with Gasteiger partial charge in [-0.2, -0.15) is 0 Å². The summed E-state index contributed by atoms with van der Waals surface area (Å²) in [6.45, 7) is 13.1. The first-order chi connectivity index (χ1) is 21.2. The lowest BCUT2D eigenvalue weighted by Gasteiger charge is -2.18. The van der Waals surface area contributed by atoms with Crippen LogP contribution in [0.3, 0.4) is 0 Å². The molecule has 9 nitrogen and oxygen atoms in total. The fourth-order valence-electron chi connectivity index (χ4n) is 4.59. The van der Waals surface area contributed by atoms with Gasteiger partial charge < -0.3 is 20.7 Å². The first kappa shape index (κ1) is 31.7. The normalized spacial score (nSPS) is 14.8. The molecule has 0 saturated heterocycles. The summed E-state index contributed by atoms with van der Waals surface area (Å²) < 4.78 is 5.99. The van der Waals surface area contributed by atoms with Crippen LogP contribution in [0.2, 0.25) is 0 Å². The highest BCUT2D eigenvalue weighted by Crippen LogP contribution is 2.26. The zero-order valence-electron chi connectivity index (χ0n) is 25.4. The molecular weight excluding hydrogens is 552 g/mol. The molecule has 0 unspecified atom stereocenters.